The van der Waals surface area contributed by atoms with Crippen LogP contribution < -0.4 is 0 Å². The summed E-state index contributed by atoms with van der Waals surface area (Å²) in [5.41, 5.74) is -0.450. The minimum Gasteiger partial charge on any atom is -0.205 e. The summed E-state index contributed by atoms with van der Waals surface area (Å²) < 4.78 is 50.8. The number of hydrogen-bond donors (Lipinski definition) is 0. The van der Waals surface area contributed by atoms with Crippen molar-refractivity contribution in [2.75, 3.05) is 0 Å². The fourth-order valence-electron chi connectivity index (χ4n) is 1.26. The molecule has 5 heteroatoms. The monoisotopic (exact) mass is 220 g/mol. The maximum atomic E-state index is 13.1. The van der Waals surface area contributed by atoms with Gasteiger partial charge in [0, 0.05) is 15.6 Å². The van der Waals surface area contributed by atoms with Crippen LogP contribution in [0.3, 0.4) is 0 Å². The third-order valence-corrected chi connectivity index (χ3v) is 2.85. The lowest BCUT2D eigenvalue weighted by molar-refractivity contribution is 0.153. The molecule has 0 nitrogen and oxygen atoms in total. The zero-order valence-corrected chi connectivity index (χ0v) is 7.55. The molecular weight excluding hydrogens is 216 g/mol. The summed E-state index contributed by atoms with van der Waals surface area (Å²) in [6, 6.07) is 1.85. The fourth-order valence-corrected chi connectivity index (χ4v) is 2.17. The normalized spacial score (nSPS) is 11.5. The predicted molar refractivity (Wildman–Crippen MR) is 46.7 cm³/mol. The maximum Gasteiger partial charge on any atom is 0.265 e. The van der Waals surface area contributed by atoms with Gasteiger partial charge in [0.1, 0.15) is 0 Å². The Morgan fingerprint density at radius 2 is 1.93 bits per heavy atom. The molecule has 0 N–H and O–H groups in total. The first-order valence-corrected chi connectivity index (χ1v) is 4.62. The van der Waals surface area contributed by atoms with E-state index in [0.717, 1.165) is 11.3 Å². The quantitative estimate of drug-likeness (QED) is 0.634. The van der Waals surface area contributed by atoms with Gasteiger partial charge in [0.15, 0.2) is 11.6 Å². The summed E-state index contributed by atoms with van der Waals surface area (Å²) >= 11 is 0.978. The molecule has 0 saturated heterocycles. The summed E-state index contributed by atoms with van der Waals surface area (Å²) in [6.07, 6.45) is -2.79. The van der Waals surface area contributed by atoms with Crippen molar-refractivity contribution in [3.05, 3.63) is 34.7 Å². The van der Waals surface area contributed by atoms with Crippen molar-refractivity contribution in [3.63, 3.8) is 0 Å². The van der Waals surface area contributed by atoms with Crippen LogP contribution in [0.4, 0.5) is 17.6 Å². The standard InChI is InChI=1S/C9H4F4S/c10-6-3-5(9(12)13)8-4(7(6)11)1-2-14-8/h1-3,9H. The Balaban J connectivity index is 2.84. The second-order valence-electron chi connectivity index (χ2n) is 2.73. The summed E-state index contributed by atoms with van der Waals surface area (Å²) in [7, 11) is 0. The molecule has 2 rings (SSSR count). The van der Waals surface area contributed by atoms with E-state index in [1.807, 2.05) is 0 Å². The van der Waals surface area contributed by atoms with E-state index in [4.69, 9.17) is 0 Å². The van der Waals surface area contributed by atoms with Crippen molar-refractivity contribution in [2.24, 2.45) is 0 Å². The highest BCUT2D eigenvalue weighted by atomic mass is 32.1. The van der Waals surface area contributed by atoms with E-state index < -0.39 is 23.6 Å². The Morgan fingerprint density at radius 1 is 1.21 bits per heavy atom. The molecule has 0 atom stereocenters. The van der Waals surface area contributed by atoms with Crippen LogP contribution in [-0.2, 0) is 0 Å². The molecule has 0 spiro atoms. The van der Waals surface area contributed by atoms with E-state index in [9.17, 15) is 17.6 Å². The van der Waals surface area contributed by atoms with Gasteiger partial charge in [-0.05, 0) is 17.5 Å². The van der Waals surface area contributed by atoms with Gasteiger partial charge < -0.3 is 0 Å². The minimum absolute atomic E-state index is 0.0784. The van der Waals surface area contributed by atoms with Crippen LogP contribution in [0.5, 0.6) is 0 Å². The first kappa shape index (κ1) is 9.45. The predicted octanol–water partition coefficient (Wildman–Crippen LogP) is 4.12. The van der Waals surface area contributed by atoms with Gasteiger partial charge in [-0.15, -0.1) is 11.3 Å². The molecule has 0 aliphatic rings. The number of hydrogen-bond acceptors (Lipinski definition) is 1. The van der Waals surface area contributed by atoms with Crippen molar-refractivity contribution in [2.45, 2.75) is 6.43 Å². The summed E-state index contributed by atoms with van der Waals surface area (Å²) in [5, 5.41) is 1.38. The number of fused-ring (bicyclic) bond motifs is 1. The van der Waals surface area contributed by atoms with Gasteiger partial charge in [-0.1, -0.05) is 0 Å². The second kappa shape index (κ2) is 3.24. The third-order valence-electron chi connectivity index (χ3n) is 1.89. The number of halogens is 4. The van der Waals surface area contributed by atoms with Crippen molar-refractivity contribution < 1.29 is 17.6 Å². The van der Waals surface area contributed by atoms with E-state index in [-0.39, 0.29) is 10.1 Å². The Morgan fingerprint density at radius 3 is 2.57 bits per heavy atom. The van der Waals surface area contributed by atoms with Crippen molar-refractivity contribution in [1.29, 1.82) is 0 Å². The van der Waals surface area contributed by atoms with Gasteiger partial charge in [0.25, 0.3) is 6.43 Å². The van der Waals surface area contributed by atoms with Gasteiger partial charge in [0.2, 0.25) is 0 Å². The number of alkyl halides is 2. The van der Waals surface area contributed by atoms with Crippen molar-refractivity contribution in [1.82, 2.24) is 0 Å². The molecule has 1 aromatic carbocycles. The molecule has 2 aromatic rings. The van der Waals surface area contributed by atoms with E-state index in [2.05, 4.69) is 0 Å². The average molecular weight is 220 g/mol. The molecule has 1 aromatic heterocycles. The van der Waals surface area contributed by atoms with Crippen LogP contribution in [0.1, 0.15) is 12.0 Å². The summed E-state index contributed by atoms with van der Waals surface area (Å²) in [6.45, 7) is 0. The van der Waals surface area contributed by atoms with Gasteiger partial charge in [-0.3, -0.25) is 0 Å². The molecule has 0 aliphatic heterocycles. The molecule has 0 radical (unpaired) electrons. The lowest BCUT2D eigenvalue weighted by Gasteiger charge is -2.03. The van der Waals surface area contributed by atoms with Crippen LogP contribution in [0, 0.1) is 11.6 Å². The van der Waals surface area contributed by atoms with E-state index >= 15 is 0 Å². The smallest absolute Gasteiger partial charge is 0.205 e. The molecular formula is C9H4F4S. The third kappa shape index (κ3) is 1.28. The van der Waals surface area contributed by atoms with Crippen LogP contribution in [0.15, 0.2) is 17.5 Å². The molecule has 0 bridgehead atoms. The first-order valence-electron chi connectivity index (χ1n) is 3.74. The molecule has 0 amide bonds. The van der Waals surface area contributed by atoms with E-state index in [1.54, 1.807) is 0 Å². The van der Waals surface area contributed by atoms with E-state index in [0.29, 0.717) is 6.07 Å². The Bertz CT molecular complexity index is 475. The molecule has 0 unspecified atom stereocenters. The van der Waals surface area contributed by atoms with Gasteiger partial charge in [0.05, 0.1) is 0 Å². The highest BCUT2D eigenvalue weighted by Gasteiger charge is 2.18. The number of thiophene rings is 1. The minimum atomic E-state index is -2.79. The Kier molecular flexibility index (Phi) is 2.19. The average Bonchev–Trinajstić information content (AvgIpc) is 2.59. The van der Waals surface area contributed by atoms with Gasteiger partial charge in [-0.25, -0.2) is 17.6 Å². The fraction of sp³-hybridized carbons (Fsp3) is 0.111. The molecule has 74 valence electrons. The van der Waals surface area contributed by atoms with Gasteiger partial charge >= 0.3 is 0 Å². The molecule has 0 saturated carbocycles. The highest BCUT2D eigenvalue weighted by Crippen LogP contribution is 2.34. The van der Waals surface area contributed by atoms with Crippen LogP contribution in [0.2, 0.25) is 0 Å². The number of benzene rings is 1. The summed E-state index contributed by atoms with van der Waals surface area (Å²) in [4.78, 5) is 0. The van der Waals surface area contributed by atoms with Crippen LogP contribution >= 0.6 is 11.3 Å². The van der Waals surface area contributed by atoms with Crippen LogP contribution in [0.25, 0.3) is 10.1 Å². The molecule has 0 aliphatic carbocycles. The Labute approximate surface area is 80.8 Å². The zero-order valence-electron chi connectivity index (χ0n) is 6.73. The zero-order chi connectivity index (χ0) is 10.3. The van der Waals surface area contributed by atoms with Crippen molar-refractivity contribution >= 4 is 21.4 Å². The van der Waals surface area contributed by atoms with Crippen molar-refractivity contribution in [3.8, 4) is 0 Å². The second-order valence-corrected chi connectivity index (χ2v) is 3.64. The molecule has 14 heavy (non-hydrogen) atoms. The topological polar surface area (TPSA) is 0 Å². The maximum absolute atomic E-state index is 13.1. The van der Waals surface area contributed by atoms with E-state index in [1.165, 1.54) is 11.4 Å². The van der Waals surface area contributed by atoms with Crippen LogP contribution in [-0.4, -0.2) is 0 Å². The molecule has 1 heterocycles. The first-order chi connectivity index (χ1) is 6.61. The van der Waals surface area contributed by atoms with Gasteiger partial charge in [-0.2, -0.15) is 0 Å². The Hall–Kier alpha value is -1.10. The molecule has 0 fully saturated rings. The highest BCUT2D eigenvalue weighted by molar-refractivity contribution is 7.17. The lowest BCUT2D eigenvalue weighted by atomic mass is 10.1. The lowest BCUT2D eigenvalue weighted by Crippen LogP contribution is -1.91. The number of rotatable bonds is 1. The SMILES string of the molecule is Fc1cc(C(F)F)c2sccc2c1F. The summed E-state index contributed by atoms with van der Waals surface area (Å²) in [5.74, 6) is -2.29. The largest absolute Gasteiger partial charge is 0.265 e.